The number of likely N-dealkylation sites (tertiary alicyclic amines) is 2. The van der Waals surface area contributed by atoms with Gasteiger partial charge in [-0.3, -0.25) is 0 Å². The van der Waals surface area contributed by atoms with Gasteiger partial charge in [-0.25, -0.2) is 4.79 Å². The summed E-state index contributed by atoms with van der Waals surface area (Å²) < 4.78 is 0. The Labute approximate surface area is 98.8 Å². The Kier molecular flexibility index (Phi) is 3.72. The fourth-order valence-electron chi connectivity index (χ4n) is 3.10. The van der Waals surface area contributed by atoms with Crippen molar-refractivity contribution in [2.75, 3.05) is 26.2 Å². The Morgan fingerprint density at radius 1 is 0.938 bits per heavy atom. The number of rotatable bonds is 0. The maximum Gasteiger partial charge on any atom is 0.320 e. The number of amides is 2. The number of carbonyl (C=O) groups excluding carboxylic acids is 1. The highest BCUT2D eigenvalue weighted by Crippen LogP contribution is 2.22. The van der Waals surface area contributed by atoms with Crippen LogP contribution >= 0.6 is 0 Å². The molecule has 2 heterocycles. The quantitative estimate of drug-likeness (QED) is 0.620. The van der Waals surface area contributed by atoms with Crippen molar-refractivity contribution in [3.63, 3.8) is 0 Å². The van der Waals surface area contributed by atoms with Gasteiger partial charge in [0.25, 0.3) is 0 Å². The third-order valence-corrected chi connectivity index (χ3v) is 3.77. The summed E-state index contributed by atoms with van der Waals surface area (Å²) in [5, 5.41) is 0. The number of piperidine rings is 2. The summed E-state index contributed by atoms with van der Waals surface area (Å²) in [5.74, 6) is 1.33. The first kappa shape index (κ1) is 11.7. The summed E-state index contributed by atoms with van der Waals surface area (Å²) in [6.45, 7) is 8.37. The second-order valence-corrected chi connectivity index (χ2v) is 5.68. The Balaban J connectivity index is 1.92. The number of hydrogen-bond acceptors (Lipinski definition) is 1. The minimum absolute atomic E-state index is 0.290. The molecular weight excluding hydrogens is 200 g/mol. The van der Waals surface area contributed by atoms with Gasteiger partial charge in [0, 0.05) is 26.2 Å². The molecule has 0 spiro atoms. The standard InChI is InChI=1S/C13H24N2O/c1-11-8-12(2)10-15(9-11)13(16)14-6-4-3-5-7-14/h11-12H,3-10H2,1-2H3. The Hall–Kier alpha value is -0.730. The van der Waals surface area contributed by atoms with Crippen LogP contribution in [0, 0.1) is 11.8 Å². The lowest BCUT2D eigenvalue weighted by Crippen LogP contribution is -2.50. The molecule has 3 nitrogen and oxygen atoms in total. The molecule has 0 aromatic rings. The topological polar surface area (TPSA) is 23.6 Å². The predicted octanol–water partition coefficient (Wildman–Crippen LogP) is 2.57. The second kappa shape index (κ2) is 5.07. The van der Waals surface area contributed by atoms with Crippen LogP contribution in [0.15, 0.2) is 0 Å². The molecule has 2 rings (SSSR count). The maximum atomic E-state index is 12.3. The fraction of sp³-hybridized carbons (Fsp3) is 0.923. The third kappa shape index (κ3) is 2.69. The zero-order chi connectivity index (χ0) is 11.5. The molecule has 0 aromatic carbocycles. The first-order chi connectivity index (χ1) is 7.66. The lowest BCUT2D eigenvalue weighted by atomic mass is 9.92. The molecule has 2 fully saturated rings. The zero-order valence-electron chi connectivity index (χ0n) is 10.6. The van der Waals surface area contributed by atoms with Gasteiger partial charge in [-0.1, -0.05) is 13.8 Å². The highest BCUT2D eigenvalue weighted by atomic mass is 16.2. The van der Waals surface area contributed by atoms with Gasteiger partial charge in [0.15, 0.2) is 0 Å². The first-order valence-corrected chi connectivity index (χ1v) is 6.70. The van der Waals surface area contributed by atoms with E-state index < -0.39 is 0 Å². The maximum absolute atomic E-state index is 12.3. The lowest BCUT2D eigenvalue weighted by Gasteiger charge is -2.39. The van der Waals surface area contributed by atoms with Crippen LogP contribution in [0.2, 0.25) is 0 Å². The Morgan fingerprint density at radius 2 is 1.50 bits per heavy atom. The van der Waals surface area contributed by atoms with Crippen LogP contribution < -0.4 is 0 Å². The molecular formula is C13H24N2O. The minimum atomic E-state index is 0.290. The van der Waals surface area contributed by atoms with Gasteiger partial charge in [-0.15, -0.1) is 0 Å². The molecule has 2 aliphatic heterocycles. The normalized spacial score (nSPS) is 31.6. The molecule has 92 valence electrons. The van der Waals surface area contributed by atoms with E-state index in [2.05, 4.69) is 18.7 Å². The molecule has 0 aliphatic carbocycles. The van der Waals surface area contributed by atoms with Crippen molar-refractivity contribution in [2.45, 2.75) is 39.5 Å². The van der Waals surface area contributed by atoms with E-state index in [0.717, 1.165) is 26.2 Å². The third-order valence-electron chi connectivity index (χ3n) is 3.77. The van der Waals surface area contributed by atoms with Crippen molar-refractivity contribution in [2.24, 2.45) is 11.8 Å². The van der Waals surface area contributed by atoms with Crippen molar-refractivity contribution < 1.29 is 4.79 Å². The number of nitrogens with zero attached hydrogens (tertiary/aromatic N) is 2. The number of urea groups is 1. The van der Waals surface area contributed by atoms with E-state index in [4.69, 9.17) is 0 Å². The Bertz CT molecular complexity index is 238. The van der Waals surface area contributed by atoms with Gasteiger partial charge < -0.3 is 9.80 Å². The molecule has 0 saturated carbocycles. The van der Waals surface area contributed by atoms with E-state index in [1.54, 1.807) is 0 Å². The van der Waals surface area contributed by atoms with Crippen LogP contribution in [0.25, 0.3) is 0 Å². The number of carbonyl (C=O) groups is 1. The molecule has 2 unspecified atom stereocenters. The Morgan fingerprint density at radius 3 is 2.06 bits per heavy atom. The van der Waals surface area contributed by atoms with E-state index in [0.29, 0.717) is 11.8 Å². The van der Waals surface area contributed by atoms with Crippen molar-refractivity contribution in [3.05, 3.63) is 0 Å². The molecule has 0 aromatic heterocycles. The summed E-state index contributed by atoms with van der Waals surface area (Å²) in [6, 6.07) is 0.290. The van der Waals surface area contributed by atoms with Gasteiger partial charge in [0.05, 0.1) is 0 Å². The average molecular weight is 224 g/mol. The van der Waals surface area contributed by atoms with Crippen LogP contribution in [-0.4, -0.2) is 42.0 Å². The van der Waals surface area contributed by atoms with Crippen LogP contribution in [0.4, 0.5) is 4.79 Å². The predicted molar refractivity (Wildman–Crippen MR) is 65.3 cm³/mol. The molecule has 0 bridgehead atoms. The molecule has 2 amide bonds. The summed E-state index contributed by atoms with van der Waals surface area (Å²) in [6.07, 6.45) is 4.93. The number of hydrogen-bond donors (Lipinski definition) is 0. The second-order valence-electron chi connectivity index (χ2n) is 5.68. The molecule has 2 aliphatic rings. The van der Waals surface area contributed by atoms with Gasteiger partial charge in [0.2, 0.25) is 0 Å². The largest absolute Gasteiger partial charge is 0.325 e. The average Bonchev–Trinajstić information content (AvgIpc) is 2.28. The highest BCUT2D eigenvalue weighted by Gasteiger charge is 2.28. The monoisotopic (exact) mass is 224 g/mol. The molecule has 16 heavy (non-hydrogen) atoms. The van der Waals surface area contributed by atoms with Crippen molar-refractivity contribution in [1.29, 1.82) is 0 Å². The minimum Gasteiger partial charge on any atom is -0.325 e. The van der Waals surface area contributed by atoms with Crippen LogP contribution in [0.5, 0.6) is 0 Å². The van der Waals surface area contributed by atoms with Gasteiger partial charge in [-0.05, 0) is 37.5 Å². The van der Waals surface area contributed by atoms with E-state index in [1.807, 2.05) is 4.90 Å². The van der Waals surface area contributed by atoms with E-state index in [9.17, 15) is 4.79 Å². The SMILES string of the molecule is CC1CC(C)CN(C(=O)N2CCCCC2)C1. The van der Waals surface area contributed by atoms with Crippen LogP contribution in [0.3, 0.4) is 0 Å². The molecule has 2 saturated heterocycles. The van der Waals surface area contributed by atoms with E-state index in [-0.39, 0.29) is 6.03 Å². The van der Waals surface area contributed by atoms with Crippen molar-refractivity contribution in [1.82, 2.24) is 9.80 Å². The van der Waals surface area contributed by atoms with Gasteiger partial charge in [0.1, 0.15) is 0 Å². The van der Waals surface area contributed by atoms with Crippen LogP contribution in [0.1, 0.15) is 39.5 Å². The lowest BCUT2D eigenvalue weighted by molar-refractivity contribution is 0.108. The first-order valence-electron chi connectivity index (χ1n) is 6.70. The summed E-state index contributed by atoms with van der Waals surface area (Å²) in [4.78, 5) is 16.4. The smallest absolute Gasteiger partial charge is 0.320 e. The van der Waals surface area contributed by atoms with Gasteiger partial charge >= 0.3 is 6.03 Å². The van der Waals surface area contributed by atoms with Crippen molar-refractivity contribution >= 4 is 6.03 Å². The summed E-state index contributed by atoms with van der Waals surface area (Å²) in [5.41, 5.74) is 0. The molecule has 0 N–H and O–H groups in total. The summed E-state index contributed by atoms with van der Waals surface area (Å²) >= 11 is 0. The zero-order valence-corrected chi connectivity index (χ0v) is 10.6. The van der Waals surface area contributed by atoms with E-state index in [1.165, 1.54) is 25.7 Å². The summed E-state index contributed by atoms with van der Waals surface area (Å²) in [7, 11) is 0. The highest BCUT2D eigenvalue weighted by molar-refractivity contribution is 5.74. The van der Waals surface area contributed by atoms with Crippen molar-refractivity contribution in [3.8, 4) is 0 Å². The molecule has 0 radical (unpaired) electrons. The molecule has 2 atom stereocenters. The molecule has 3 heteroatoms. The fourth-order valence-corrected chi connectivity index (χ4v) is 3.10. The van der Waals surface area contributed by atoms with Crippen LogP contribution in [-0.2, 0) is 0 Å². The van der Waals surface area contributed by atoms with Gasteiger partial charge in [-0.2, -0.15) is 0 Å². The van der Waals surface area contributed by atoms with E-state index >= 15 is 0 Å².